The van der Waals surface area contributed by atoms with Gasteiger partial charge in [0.15, 0.2) is 0 Å². The van der Waals surface area contributed by atoms with Gasteiger partial charge in [0.25, 0.3) is 16.8 Å². The van der Waals surface area contributed by atoms with E-state index in [1.165, 1.54) is 6.07 Å². The van der Waals surface area contributed by atoms with Crippen LogP contribution < -0.4 is 4.74 Å². The minimum atomic E-state index is -0.523. The fraction of sp³-hybridized carbons (Fsp3) is 0.0909. The Morgan fingerprint density at radius 3 is 2.57 bits per heavy atom. The van der Waals surface area contributed by atoms with E-state index in [1.807, 2.05) is 36.4 Å². The number of carbonyl (C=O) groups is 2. The summed E-state index contributed by atoms with van der Waals surface area (Å²) >= 11 is 0.811. The second kappa shape index (κ2) is 8.00. The number of imide groups is 1. The Kier molecular flexibility index (Phi) is 5.24. The Hall–Kier alpha value is -3.65. The molecule has 1 saturated heterocycles. The predicted molar refractivity (Wildman–Crippen MR) is 115 cm³/mol. The second-order valence-electron chi connectivity index (χ2n) is 6.56. The zero-order valence-electron chi connectivity index (χ0n) is 15.9. The minimum Gasteiger partial charge on any atom is -0.496 e. The number of fused-ring (bicyclic) bond motifs is 1. The second-order valence-corrected chi connectivity index (χ2v) is 7.55. The number of amides is 2. The molecule has 3 aromatic carbocycles. The number of rotatable bonds is 5. The van der Waals surface area contributed by atoms with Crippen LogP contribution in [0, 0.1) is 10.1 Å². The van der Waals surface area contributed by atoms with E-state index in [0.717, 1.165) is 27.4 Å². The number of hydrogen-bond donors (Lipinski definition) is 0. The number of methoxy groups -OCH3 is 1. The molecular weight excluding hydrogens is 404 g/mol. The highest BCUT2D eigenvalue weighted by Crippen LogP contribution is 2.37. The van der Waals surface area contributed by atoms with Crippen molar-refractivity contribution in [2.75, 3.05) is 7.11 Å². The number of nitro benzene ring substituents is 1. The number of hydrogen-bond acceptors (Lipinski definition) is 6. The summed E-state index contributed by atoms with van der Waals surface area (Å²) in [6, 6.07) is 17.5. The van der Waals surface area contributed by atoms with Crippen LogP contribution in [0.25, 0.3) is 16.8 Å². The highest BCUT2D eigenvalue weighted by atomic mass is 32.2. The Morgan fingerprint density at radius 1 is 1.07 bits per heavy atom. The molecular formula is C22H16N2O5S. The molecule has 4 rings (SSSR count). The summed E-state index contributed by atoms with van der Waals surface area (Å²) in [4.78, 5) is 37.5. The summed E-state index contributed by atoms with van der Waals surface area (Å²) in [5.41, 5.74) is 0.872. The van der Waals surface area contributed by atoms with Gasteiger partial charge >= 0.3 is 0 Å². The molecule has 1 fully saturated rings. The summed E-state index contributed by atoms with van der Waals surface area (Å²) in [5, 5.41) is 12.6. The molecule has 0 bridgehead atoms. The van der Waals surface area contributed by atoms with E-state index in [-0.39, 0.29) is 17.1 Å². The van der Waals surface area contributed by atoms with Crippen molar-refractivity contribution in [2.45, 2.75) is 6.54 Å². The Labute approximate surface area is 176 Å². The van der Waals surface area contributed by atoms with Crippen molar-refractivity contribution < 1.29 is 19.2 Å². The summed E-state index contributed by atoms with van der Waals surface area (Å²) < 4.78 is 5.45. The first-order valence-corrected chi connectivity index (χ1v) is 9.84. The van der Waals surface area contributed by atoms with Gasteiger partial charge in [-0.1, -0.05) is 48.5 Å². The number of benzene rings is 3. The number of thioether (sulfide) groups is 1. The van der Waals surface area contributed by atoms with Gasteiger partial charge in [-0.25, -0.2) is 0 Å². The van der Waals surface area contributed by atoms with Crippen LogP contribution in [-0.4, -0.2) is 28.1 Å². The van der Waals surface area contributed by atoms with E-state index in [2.05, 4.69) is 0 Å². The van der Waals surface area contributed by atoms with E-state index in [0.29, 0.717) is 16.9 Å². The molecule has 1 heterocycles. The van der Waals surface area contributed by atoms with Crippen LogP contribution in [0.2, 0.25) is 0 Å². The zero-order valence-corrected chi connectivity index (χ0v) is 16.7. The Bertz CT molecular complexity index is 1220. The maximum absolute atomic E-state index is 12.9. The number of para-hydroxylation sites is 1. The van der Waals surface area contributed by atoms with Crippen molar-refractivity contribution in [1.29, 1.82) is 0 Å². The lowest BCUT2D eigenvalue weighted by Gasteiger charge is -2.12. The van der Waals surface area contributed by atoms with E-state index in [1.54, 1.807) is 31.4 Å². The Morgan fingerprint density at radius 2 is 1.80 bits per heavy atom. The third-order valence-electron chi connectivity index (χ3n) is 4.82. The van der Waals surface area contributed by atoms with Gasteiger partial charge in [0.05, 0.1) is 23.5 Å². The Balaban J connectivity index is 1.71. The molecule has 0 saturated carbocycles. The highest BCUT2D eigenvalue weighted by molar-refractivity contribution is 8.18. The fourth-order valence-corrected chi connectivity index (χ4v) is 4.18. The van der Waals surface area contributed by atoms with Crippen LogP contribution in [-0.2, 0) is 11.3 Å². The molecule has 150 valence electrons. The van der Waals surface area contributed by atoms with Crippen molar-refractivity contribution >= 4 is 45.4 Å². The molecule has 7 nitrogen and oxygen atoms in total. The third kappa shape index (κ3) is 3.53. The average Bonchev–Trinajstić information content (AvgIpc) is 3.01. The lowest BCUT2D eigenvalue weighted by Crippen LogP contribution is -2.27. The number of nitro groups is 1. The van der Waals surface area contributed by atoms with Gasteiger partial charge in [0, 0.05) is 17.2 Å². The van der Waals surface area contributed by atoms with Crippen molar-refractivity contribution in [1.82, 2.24) is 4.90 Å². The molecule has 1 aliphatic rings. The van der Waals surface area contributed by atoms with Gasteiger partial charge in [-0.05, 0) is 34.7 Å². The molecule has 1 aliphatic heterocycles. The molecule has 0 aromatic heterocycles. The minimum absolute atomic E-state index is 0.128. The quantitative estimate of drug-likeness (QED) is 0.328. The van der Waals surface area contributed by atoms with Gasteiger partial charge in [-0.15, -0.1) is 0 Å². The van der Waals surface area contributed by atoms with Crippen molar-refractivity contribution in [3.05, 3.63) is 86.8 Å². The summed E-state index contributed by atoms with van der Waals surface area (Å²) in [7, 11) is 1.54. The number of carbonyl (C=O) groups excluding carboxylic acids is 2. The molecule has 2 amide bonds. The van der Waals surface area contributed by atoms with Crippen molar-refractivity contribution in [2.24, 2.45) is 0 Å². The van der Waals surface area contributed by atoms with Crippen LogP contribution in [0.4, 0.5) is 10.5 Å². The lowest BCUT2D eigenvalue weighted by molar-refractivity contribution is -0.385. The molecule has 0 N–H and O–H groups in total. The smallest absolute Gasteiger partial charge is 0.293 e. The van der Waals surface area contributed by atoms with Gasteiger partial charge in [0.1, 0.15) is 5.75 Å². The maximum atomic E-state index is 12.9. The monoisotopic (exact) mass is 420 g/mol. The summed E-state index contributed by atoms with van der Waals surface area (Å²) in [5.74, 6) is 0.0948. The predicted octanol–water partition coefficient (Wildman–Crippen LogP) is 4.99. The maximum Gasteiger partial charge on any atom is 0.293 e. The van der Waals surface area contributed by atoms with E-state index >= 15 is 0 Å². The highest BCUT2D eigenvalue weighted by Gasteiger charge is 2.36. The topological polar surface area (TPSA) is 89.8 Å². The van der Waals surface area contributed by atoms with Gasteiger partial charge < -0.3 is 4.74 Å². The first kappa shape index (κ1) is 19.7. The molecule has 8 heteroatoms. The summed E-state index contributed by atoms with van der Waals surface area (Å²) in [6.07, 6.45) is 1.64. The normalized spacial score (nSPS) is 15.2. The third-order valence-corrected chi connectivity index (χ3v) is 5.72. The largest absolute Gasteiger partial charge is 0.496 e. The van der Waals surface area contributed by atoms with Gasteiger partial charge in [0.2, 0.25) is 0 Å². The average molecular weight is 420 g/mol. The zero-order chi connectivity index (χ0) is 21.3. The fourth-order valence-electron chi connectivity index (χ4n) is 3.36. The number of ether oxygens (including phenoxy) is 1. The first-order chi connectivity index (χ1) is 14.5. The molecule has 0 atom stereocenters. The van der Waals surface area contributed by atoms with Crippen LogP contribution in [0.5, 0.6) is 5.75 Å². The standard InChI is InChI=1S/C22H16N2O5S/c1-29-19-11-10-14-6-2-4-8-16(14)17(19)12-20-21(25)23(22(26)30-20)13-15-7-3-5-9-18(15)24(27)28/h2-12H,13H2,1H3. The molecule has 0 aliphatic carbocycles. The van der Waals surface area contributed by atoms with E-state index in [9.17, 15) is 19.7 Å². The molecule has 0 unspecified atom stereocenters. The van der Waals surface area contributed by atoms with Gasteiger partial charge in [-0.2, -0.15) is 0 Å². The molecule has 30 heavy (non-hydrogen) atoms. The van der Waals surface area contributed by atoms with Crippen LogP contribution >= 0.6 is 11.8 Å². The van der Waals surface area contributed by atoms with Crippen LogP contribution in [0.15, 0.2) is 65.6 Å². The van der Waals surface area contributed by atoms with E-state index in [4.69, 9.17) is 4.74 Å². The summed E-state index contributed by atoms with van der Waals surface area (Å²) in [6.45, 7) is -0.161. The SMILES string of the molecule is COc1ccc2ccccc2c1C=C1SC(=O)N(Cc2ccccc2[N+](=O)[O-])C1=O. The molecule has 3 aromatic rings. The van der Waals surface area contributed by atoms with Crippen LogP contribution in [0.1, 0.15) is 11.1 Å². The lowest BCUT2D eigenvalue weighted by atomic mass is 10.0. The van der Waals surface area contributed by atoms with Crippen molar-refractivity contribution in [3.8, 4) is 5.75 Å². The van der Waals surface area contributed by atoms with Crippen molar-refractivity contribution in [3.63, 3.8) is 0 Å². The van der Waals surface area contributed by atoms with Crippen LogP contribution in [0.3, 0.4) is 0 Å². The molecule has 0 spiro atoms. The molecule has 0 radical (unpaired) electrons. The van der Waals surface area contributed by atoms with E-state index < -0.39 is 16.1 Å². The van der Waals surface area contributed by atoms with Gasteiger partial charge in [-0.3, -0.25) is 24.6 Å². The number of nitrogens with zero attached hydrogens (tertiary/aromatic N) is 2. The first-order valence-electron chi connectivity index (χ1n) is 9.03.